The molecule has 8 heteroatoms. The normalized spacial score (nSPS) is 11.3. The number of rotatable bonds is 5. The molecule has 0 aliphatic carbocycles. The van der Waals surface area contributed by atoms with E-state index in [0.29, 0.717) is 12.1 Å². The van der Waals surface area contributed by atoms with E-state index >= 15 is 0 Å². The summed E-state index contributed by atoms with van der Waals surface area (Å²) >= 11 is 0. The zero-order chi connectivity index (χ0) is 20.4. The molecule has 27 heavy (non-hydrogen) atoms. The van der Waals surface area contributed by atoms with E-state index in [0.717, 1.165) is 16.8 Å². The van der Waals surface area contributed by atoms with Gasteiger partial charge in [-0.3, -0.25) is 9.59 Å². The molecule has 5 nitrogen and oxygen atoms in total. The van der Waals surface area contributed by atoms with Crippen LogP contribution in [0.4, 0.5) is 13.2 Å². The zero-order valence-corrected chi connectivity index (χ0v) is 15.3. The highest BCUT2D eigenvalue weighted by molar-refractivity contribution is 5.92. The van der Waals surface area contributed by atoms with Gasteiger partial charge in [-0.2, -0.15) is 18.3 Å². The van der Waals surface area contributed by atoms with Gasteiger partial charge in [0.05, 0.1) is 11.3 Å². The Bertz CT molecular complexity index is 933. The molecule has 1 amide bonds. The van der Waals surface area contributed by atoms with Crippen LogP contribution in [0.15, 0.2) is 47.3 Å². The number of hydrogen-bond acceptors (Lipinski definition) is 3. The second-order valence-corrected chi connectivity index (χ2v) is 6.20. The molecule has 2 rings (SSSR count). The number of likely N-dealkylation sites (N-methyl/N-ethyl adjacent to an activating group) is 1. The second kappa shape index (κ2) is 7.77. The number of carbonyl (C=O) groups is 1. The third-order valence-electron chi connectivity index (χ3n) is 3.88. The van der Waals surface area contributed by atoms with Crippen LogP contribution < -0.4 is 5.43 Å². The number of halogens is 3. The minimum absolute atomic E-state index is 0.191. The van der Waals surface area contributed by atoms with Gasteiger partial charge in [-0.25, -0.2) is 4.68 Å². The Hall–Kier alpha value is -2.90. The van der Waals surface area contributed by atoms with Crippen LogP contribution in [0.5, 0.6) is 0 Å². The summed E-state index contributed by atoms with van der Waals surface area (Å²) in [5.41, 5.74) is -1.33. The summed E-state index contributed by atoms with van der Waals surface area (Å²) in [6, 6.07) is 5.98. The lowest BCUT2D eigenvalue weighted by atomic mass is 10.1. The number of para-hydroxylation sites is 1. The molecular weight excluding hydrogens is 359 g/mol. The number of benzene rings is 1. The van der Waals surface area contributed by atoms with E-state index in [1.54, 1.807) is 13.8 Å². The fourth-order valence-electron chi connectivity index (χ4n) is 2.64. The minimum atomic E-state index is -4.60. The predicted molar refractivity (Wildman–Crippen MR) is 96.0 cm³/mol. The number of amides is 1. The Kier molecular flexibility index (Phi) is 5.88. The number of nitrogens with zero attached hydrogens (tertiary/aromatic N) is 3. The van der Waals surface area contributed by atoms with E-state index in [4.69, 9.17) is 0 Å². The number of alkyl halides is 3. The van der Waals surface area contributed by atoms with Crippen molar-refractivity contribution in [3.05, 3.63) is 69.7 Å². The Morgan fingerprint density at radius 2 is 1.93 bits per heavy atom. The summed E-state index contributed by atoms with van der Waals surface area (Å²) in [6.07, 6.45) is -4.60. The van der Waals surface area contributed by atoms with E-state index in [9.17, 15) is 22.8 Å². The van der Waals surface area contributed by atoms with Gasteiger partial charge in [-0.1, -0.05) is 24.3 Å². The van der Waals surface area contributed by atoms with Gasteiger partial charge in [0.15, 0.2) is 5.69 Å². The molecule has 1 aromatic heterocycles. The van der Waals surface area contributed by atoms with E-state index in [2.05, 4.69) is 11.7 Å². The van der Waals surface area contributed by atoms with Crippen molar-refractivity contribution in [1.29, 1.82) is 0 Å². The summed E-state index contributed by atoms with van der Waals surface area (Å²) in [5, 5.41) is 3.98. The molecule has 0 saturated carbocycles. The first kappa shape index (κ1) is 20.4. The van der Waals surface area contributed by atoms with Crippen molar-refractivity contribution in [1.82, 2.24) is 14.7 Å². The van der Waals surface area contributed by atoms with Crippen LogP contribution in [0.3, 0.4) is 0 Å². The van der Waals surface area contributed by atoms with Gasteiger partial charge >= 0.3 is 6.18 Å². The molecule has 0 unspecified atom stereocenters. The van der Waals surface area contributed by atoms with Gasteiger partial charge in [0.25, 0.3) is 5.91 Å². The second-order valence-electron chi connectivity index (χ2n) is 6.20. The molecule has 0 aliphatic rings. The van der Waals surface area contributed by atoms with Crippen LogP contribution >= 0.6 is 0 Å². The van der Waals surface area contributed by atoms with Gasteiger partial charge < -0.3 is 4.90 Å². The molecule has 0 radical (unpaired) electrons. The Labute approximate surface area is 154 Å². The molecule has 0 atom stereocenters. The average molecular weight is 379 g/mol. The zero-order valence-electron chi connectivity index (χ0n) is 15.3. The van der Waals surface area contributed by atoms with Gasteiger partial charge in [0, 0.05) is 24.8 Å². The maximum absolute atomic E-state index is 13.3. The lowest BCUT2D eigenvalue weighted by Crippen LogP contribution is -2.37. The molecule has 1 aromatic carbocycles. The monoisotopic (exact) mass is 379 g/mol. The van der Waals surface area contributed by atoms with Crippen LogP contribution in [-0.4, -0.2) is 33.7 Å². The molecule has 144 valence electrons. The summed E-state index contributed by atoms with van der Waals surface area (Å²) in [5.74, 6) is -0.649. The molecule has 0 N–H and O–H groups in total. The molecule has 0 saturated heterocycles. The van der Waals surface area contributed by atoms with Gasteiger partial charge in [0.2, 0.25) is 5.43 Å². The topological polar surface area (TPSA) is 55.2 Å². The van der Waals surface area contributed by atoms with Gasteiger partial charge in [-0.15, -0.1) is 0 Å². The van der Waals surface area contributed by atoms with Crippen LogP contribution in [0.2, 0.25) is 0 Å². The third-order valence-corrected chi connectivity index (χ3v) is 3.88. The Morgan fingerprint density at radius 3 is 2.48 bits per heavy atom. The average Bonchev–Trinajstić information content (AvgIpc) is 2.58. The van der Waals surface area contributed by atoms with Gasteiger partial charge in [-0.05, 0) is 32.9 Å². The molecule has 0 bridgehead atoms. The first-order valence-corrected chi connectivity index (χ1v) is 8.27. The summed E-state index contributed by atoms with van der Waals surface area (Å²) in [6.45, 7) is 9.19. The minimum Gasteiger partial charge on any atom is -0.333 e. The van der Waals surface area contributed by atoms with Crippen molar-refractivity contribution >= 4 is 5.91 Å². The fourth-order valence-corrected chi connectivity index (χ4v) is 2.64. The SMILES string of the molecule is C=C(C)CN(CC)C(=O)c1nn(-c2ccccc2C(F)(F)F)c(C)cc1=O. The lowest BCUT2D eigenvalue weighted by molar-refractivity contribution is -0.137. The number of aryl methyl sites for hydroxylation is 1. The number of carbonyl (C=O) groups excluding carboxylic acids is 1. The summed E-state index contributed by atoms with van der Waals surface area (Å²) < 4.78 is 41.0. The van der Waals surface area contributed by atoms with Crippen molar-refractivity contribution in [3.63, 3.8) is 0 Å². The molecule has 0 aliphatic heterocycles. The van der Waals surface area contributed by atoms with Crippen molar-refractivity contribution in [2.24, 2.45) is 0 Å². The highest BCUT2D eigenvalue weighted by Crippen LogP contribution is 2.33. The van der Waals surface area contributed by atoms with Crippen molar-refractivity contribution in [2.75, 3.05) is 13.1 Å². The smallest absolute Gasteiger partial charge is 0.333 e. The lowest BCUT2D eigenvalue weighted by Gasteiger charge is -2.21. The molecule has 2 aromatic rings. The summed E-state index contributed by atoms with van der Waals surface area (Å²) in [4.78, 5) is 26.3. The standard InChI is InChI=1S/C19H20F3N3O2/c1-5-24(11-12(2)3)18(27)17-16(26)10-13(4)25(23-17)15-9-7-6-8-14(15)19(20,21)22/h6-10H,2,5,11H2,1,3-4H3. The van der Waals surface area contributed by atoms with Crippen molar-refractivity contribution in [3.8, 4) is 5.69 Å². The molecule has 0 spiro atoms. The molecular formula is C19H20F3N3O2. The van der Waals surface area contributed by atoms with Crippen molar-refractivity contribution < 1.29 is 18.0 Å². The number of hydrogen-bond donors (Lipinski definition) is 0. The number of aromatic nitrogens is 2. The molecule has 0 fully saturated rings. The van der Waals surface area contributed by atoms with Crippen molar-refractivity contribution in [2.45, 2.75) is 26.9 Å². The maximum Gasteiger partial charge on any atom is 0.418 e. The summed E-state index contributed by atoms with van der Waals surface area (Å²) in [7, 11) is 0. The van der Waals surface area contributed by atoms with Crippen LogP contribution in [0.25, 0.3) is 5.69 Å². The first-order chi connectivity index (χ1) is 12.6. The van der Waals surface area contributed by atoms with E-state index in [1.165, 1.54) is 30.0 Å². The Balaban J connectivity index is 2.63. The van der Waals surface area contributed by atoms with Crippen LogP contribution in [-0.2, 0) is 6.18 Å². The van der Waals surface area contributed by atoms with E-state index < -0.39 is 28.8 Å². The third kappa shape index (κ3) is 4.45. The van der Waals surface area contributed by atoms with Gasteiger partial charge in [0.1, 0.15) is 0 Å². The quantitative estimate of drug-likeness (QED) is 0.746. The van der Waals surface area contributed by atoms with Crippen LogP contribution in [0, 0.1) is 6.92 Å². The Morgan fingerprint density at radius 1 is 1.30 bits per heavy atom. The highest BCUT2D eigenvalue weighted by atomic mass is 19.4. The van der Waals surface area contributed by atoms with E-state index in [-0.39, 0.29) is 17.9 Å². The van der Waals surface area contributed by atoms with E-state index in [1.807, 2.05) is 0 Å². The predicted octanol–water partition coefficient (Wildman–Crippen LogP) is 3.60. The first-order valence-electron chi connectivity index (χ1n) is 8.27. The largest absolute Gasteiger partial charge is 0.418 e. The van der Waals surface area contributed by atoms with Crippen LogP contribution in [0.1, 0.15) is 35.6 Å². The molecule has 1 heterocycles. The highest BCUT2D eigenvalue weighted by Gasteiger charge is 2.34. The maximum atomic E-state index is 13.3. The fraction of sp³-hybridized carbons (Fsp3) is 0.316.